The molecular weight excluding hydrogens is 241 g/mol. The van der Waals surface area contributed by atoms with Gasteiger partial charge in [0.1, 0.15) is 12.4 Å². The van der Waals surface area contributed by atoms with Gasteiger partial charge in [-0.1, -0.05) is 0 Å². The van der Waals surface area contributed by atoms with Crippen molar-refractivity contribution in [2.45, 2.75) is 19.0 Å². The van der Waals surface area contributed by atoms with Crippen LogP contribution in [0.25, 0.3) is 0 Å². The smallest absolute Gasteiger partial charge is 0.348 e. The van der Waals surface area contributed by atoms with Crippen molar-refractivity contribution >= 4 is 17.4 Å². The van der Waals surface area contributed by atoms with Gasteiger partial charge in [0.15, 0.2) is 0 Å². The summed E-state index contributed by atoms with van der Waals surface area (Å²) in [5, 5.41) is 0. The molecule has 90 valence electrons. The van der Waals surface area contributed by atoms with E-state index in [2.05, 4.69) is 4.98 Å². The second-order valence-corrected chi connectivity index (χ2v) is 3.55. The Kier molecular flexibility index (Phi) is 4.41. The van der Waals surface area contributed by atoms with Crippen LogP contribution in [0.2, 0.25) is 0 Å². The van der Waals surface area contributed by atoms with Crippen LogP contribution in [0, 0.1) is 0 Å². The Morgan fingerprint density at radius 2 is 2.12 bits per heavy atom. The van der Waals surface area contributed by atoms with E-state index in [1.807, 2.05) is 0 Å². The van der Waals surface area contributed by atoms with Crippen molar-refractivity contribution in [3.05, 3.63) is 23.9 Å². The lowest BCUT2D eigenvalue weighted by molar-refractivity contribution is -0.119. The van der Waals surface area contributed by atoms with Crippen molar-refractivity contribution in [3.63, 3.8) is 0 Å². The molecule has 0 aromatic carbocycles. The molecular formula is C10H12ClF3N2. The Bertz CT molecular complexity index is 341. The van der Waals surface area contributed by atoms with E-state index in [4.69, 9.17) is 11.6 Å². The van der Waals surface area contributed by atoms with Crippen molar-refractivity contribution in [1.82, 2.24) is 4.98 Å². The standard InChI is InChI=1S/C10H12ClF3N2/c1-2-16(7-10(12,13)14)9-5-8(6-11)3-4-15-9/h3-5H,2,6-7H2,1H3. The van der Waals surface area contributed by atoms with Gasteiger partial charge < -0.3 is 4.90 Å². The molecule has 0 amide bonds. The van der Waals surface area contributed by atoms with Gasteiger partial charge in [0.05, 0.1) is 0 Å². The molecule has 16 heavy (non-hydrogen) atoms. The van der Waals surface area contributed by atoms with Crippen LogP contribution in [0.15, 0.2) is 18.3 Å². The summed E-state index contributed by atoms with van der Waals surface area (Å²) in [5.41, 5.74) is 0.757. The summed E-state index contributed by atoms with van der Waals surface area (Å²) >= 11 is 5.61. The Hall–Kier alpha value is -0.970. The summed E-state index contributed by atoms with van der Waals surface area (Å²) in [6.07, 6.45) is -2.76. The van der Waals surface area contributed by atoms with Crippen LogP contribution >= 0.6 is 11.6 Å². The number of anilines is 1. The average molecular weight is 253 g/mol. The highest BCUT2D eigenvalue weighted by molar-refractivity contribution is 6.17. The molecule has 0 spiro atoms. The topological polar surface area (TPSA) is 16.1 Å². The Morgan fingerprint density at radius 1 is 1.44 bits per heavy atom. The fourth-order valence-corrected chi connectivity index (χ4v) is 1.45. The van der Waals surface area contributed by atoms with Gasteiger partial charge in [0.2, 0.25) is 0 Å². The van der Waals surface area contributed by atoms with E-state index in [-0.39, 0.29) is 12.4 Å². The van der Waals surface area contributed by atoms with Gasteiger partial charge in [-0.05, 0) is 24.6 Å². The van der Waals surface area contributed by atoms with Crippen LogP contribution in [0.4, 0.5) is 19.0 Å². The molecule has 0 saturated heterocycles. The molecule has 1 rings (SSSR count). The molecule has 0 aliphatic rings. The molecule has 0 bridgehead atoms. The highest BCUT2D eigenvalue weighted by atomic mass is 35.5. The molecule has 1 aromatic heterocycles. The summed E-state index contributed by atoms with van der Waals surface area (Å²) in [7, 11) is 0. The van der Waals surface area contributed by atoms with Gasteiger partial charge in [-0.3, -0.25) is 0 Å². The zero-order valence-corrected chi connectivity index (χ0v) is 9.52. The number of halogens is 4. The second kappa shape index (κ2) is 5.39. The molecule has 0 unspecified atom stereocenters. The zero-order valence-electron chi connectivity index (χ0n) is 8.76. The molecule has 0 atom stereocenters. The Labute approximate surface area is 97.0 Å². The van der Waals surface area contributed by atoms with E-state index in [0.717, 1.165) is 10.5 Å². The summed E-state index contributed by atoms with van der Waals surface area (Å²) in [6, 6.07) is 3.25. The first-order valence-corrected chi connectivity index (χ1v) is 5.32. The average Bonchev–Trinajstić information content (AvgIpc) is 2.25. The number of hydrogen-bond donors (Lipinski definition) is 0. The van der Waals surface area contributed by atoms with Gasteiger partial charge in [0.25, 0.3) is 0 Å². The summed E-state index contributed by atoms with van der Waals surface area (Å²) in [4.78, 5) is 5.07. The normalized spacial score (nSPS) is 11.6. The molecule has 0 radical (unpaired) electrons. The maximum atomic E-state index is 12.3. The minimum Gasteiger partial charge on any atom is -0.348 e. The van der Waals surface area contributed by atoms with Crippen molar-refractivity contribution in [2.24, 2.45) is 0 Å². The predicted octanol–water partition coefficient (Wildman–Crippen LogP) is 3.21. The third-order valence-electron chi connectivity index (χ3n) is 2.04. The van der Waals surface area contributed by atoms with Crippen LogP contribution in [-0.2, 0) is 5.88 Å². The second-order valence-electron chi connectivity index (χ2n) is 3.29. The van der Waals surface area contributed by atoms with Gasteiger partial charge in [-0.2, -0.15) is 13.2 Å². The monoisotopic (exact) mass is 252 g/mol. The van der Waals surface area contributed by atoms with Crippen LogP contribution in [0.3, 0.4) is 0 Å². The highest BCUT2D eigenvalue weighted by Crippen LogP contribution is 2.21. The van der Waals surface area contributed by atoms with Crippen LogP contribution in [0.5, 0.6) is 0 Å². The quantitative estimate of drug-likeness (QED) is 0.765. The third kappa shape index (κ3) is 3.89. The molecule has 0 aliphatic carbocycles. The van der Waals surface area contributed by atoms with Gasteiger partial charge in [-0.25, -0.2) is 4.98 Å². The molecule has 2 nitrogen and oxygen atoms in total. The molecule has 0 saturated carbocycles. The summed E-state index contributed by atoms with van der Waals surface area (Å²) in [5.74, 6) is 0.567. The first-order chi connectivity index (χ1) is 7.46. The molecule has 6 heteroatoms. The van der Waals surface area contributed by atoms with E-state index in [0.29, 0.717) is 5.82 Å². The zero-order chi connectivity index (χ0) is 12.2. The molecule has 0 fully saturated rings. The third-order valence-corrected chi connectivity index (χ3v) is 2.35. The number of hydrogen-bond acceptors (Lipinski definition) is 2. The van der Waals surface area contributed by atoms with E-state index < -0.39 is 12.7 Å². The van der Waals surface area contributed by atoms with Crippen LogP contribution in [0.1, 0.15) is 12.5 Å². The fraction of sp³-hybridized carbons (Fsp3) is 0.500. The minimum absolute atomic E-state index is 0.248. The van der Waals surface area contributed by atoms with Crippen molar-refractivity contribution < 1.29 is 13.2 Å². The van der Waals surface area contributed by atoms with E-state index >= 15 is 0 Å². The lowest BCUT2D eigenvalue weighted by atomic mass is 10.3. The van der Waals surface area contributed by atoms with Gasteiger partial charge in [-0.15, -0.1) is 11.6 Å². The van der Waals surface area contributed by atoms with Gasteiger partial charge in [0, 0.05) is 18.6 Å². The lowest BCUT2D eigenvalue weighted by Crippen LogP contribution is -2.34. The Balaban J connectivity index is 2.86. The van der Waals surface area contributed by atoms with E-state index in [1.165, 1.54) is 6.20 Å². The fourth-order valence-electron chi connectivity index (χ4n) is 1.29. The lowest BCUT2D eigenvalue weighted by Gasteiger charge is -2.23. The van der Waals surface area contributed by atoms with Crippen molar-refractivity contribution in [3.8, 4) is 0 Å². The van der Waals surface area contributed by atoms with Crippen molar-refractivity contribution in [1.29, 1.82) is 0 Å². The Morgan fingerprint density at radius 3 is 2.62 bits per heavy atom. The first kappa shape index (κ1) is 13.1. The van der Waals surface area contributed by atoms with E-state index in [9.17, 15) is 13.2 Å². The highest BCUT2D eigenvalue weighted by Gasteiger charge is 2.30. The molecule has 0 N–H and O–H groups in total. The predicted molar refractivity (Wildman–Crippen MR) is 57.7 cm³/mol. The maximum Gasteiger partial charge on any atom is 0.405 e. The van der Waals surface area contributed by atoms with E-state index in [1.54, 1.807) is 19.1 Å². The SMILES string of the molecule is CCN(CC(F)(F)F)c1cc(CCl)ccn1. The van der Waals surface area contributed by atoms with Crippen molar-refractivity contribution in [2.75, 3.05) is 18.0 Å². The first-order valence-electron chi connectivity index (χ1n) is 4.79. The number of aromatic nitrogens is 1. The van der Waals surface area contributed by atoms with Gasteiger partial charge >= 0.3 is 6.18 Å². The largest absolute Gasteiger partial charge is 0.405 e. The molecule has 1 heterocycles. The number of alkyl halides is 4. The number of nitrogens with zero attached hydrogens (tertiary/aromatic N) is 2. The van der Waals surface area contributed by atoms with Crippen LogP contribution in [-0.4, -0.2) is 24.2 Å². The number of pyridine rings is 1. The minimum atomic E-state index is -4.23. The summed E-state index contributed by atoms with van der Waals surface area (Å²) in [6.45, 7) is 0.904. The van der Waals surface area contributed by atoms with Crippen LogP contribution < -0.4 is 4.90 Å². The number of rotatable bonds is 4. The molecule has 1 aromatic rings. The maximum absolute atomic E-state index is 12.3. The molecule has 0 aliphatic heterocycles. The summed E-state index contributed by atoms with van der Waals surface area (Å²) < 4.78 is 36.8.